The van der Waals surface area contributed by atoms with Gasteiger partial charge in [0.05, 0.1) is 13.2 Å². The van der Waals surface area contributed by atoms with Gasteiger partial charge in [-0.2, -0.15) is 0 Å². The van der Waals surface area contributed by atoms with Crippen molar-refractivity contribution >= 4 is 0 Å². The summed E-state index contributed by atoms with van der Waals surface area (Å²) in [4.78, 5) is 18.2. The molecule has 0 bridgehead atoms. The monoisotopic (exact) mass is 482 g/mol. The molecule has 0 unspecified atom stereocenters. The maximum Gasteiger partial charge on any atom is 0.128 e. The quantitative estimate of drug-likeness (QED) is 0.196. The van der Waals surface area contributed by atoms with Crippen LogP contribution in [0, 0.1) is 0 Å². The number of nitrogens with zero attached hydrogens (tertiary/aromatic N) is 4. The second-order valence-electron chi connectivity index (χ2n) is 8.73. The summed E-state index contributed by atoms with van der Waals surface area (Å²) in [7, 11) is 0. The van der Waals surface area contributed by atoms with E-state index in [2.05, 4.69) is 33.8 Å². The van der Waals surface area contributed by atoms with Crippen LogP contribution in [0.2, 0.25) is 0 Å². The Kier molecular flexibility index (Phi) is 9.37. The van der Waals surface area contributed by atoms with Crippen LogP contribution in [0.3, 0.4) is 0 Å². The highest BCUT2D eigenvalue weighted by Crippen LogP contribution is 2.23. The van der Waals surface area contributed by atoms with Crippen LogP contribution in [0.1, 0.15) is 51.2 Å². The van der Waals surface area contributed by atoms with Crippen LogP contribution in [-0.4, -0.2) is 33.1 Å². The highest BCUT2D eigenvalue weighted by Gasteiger charge is 2.06. The van der Waals surface area contributed by atoms with E-state index in [1.54, 1.807) is 0 Å². The molecule has 0 N–H and O–H groups in total. The van der Waals surface area contributed by atoms with Crippen molar-refractivity contribution in [3.63, 3.8) is 0 Å². The van der Waals surface area contributed by atoms with E-state index in [1.165, 1.54) is 0 Å². The molecule has 2 aromatic heterocycles. The zero-order valence-electron chi connectivity index (χ0n) is 21.2. The molecule has 0 spiro atoms. The number of ether oxygens (including phenoxy) is 2. The molecule has 0 aliphatic heterocycles. The van der Waals surface area contributed by atoms with Gasteiger partial charge in [0, 0.05) is 48.8 Å². The minimum Gasteiger partial charge on any atom is -0.494 e. The van der Waals surface area contributed by atoms with E-state index in [9.17, 15) is 0 Å². The van der Waals surface area contributed by atoms with Crippen LogP contribution in [-0.2, 0) is 12.8 Å². The zero-order valence-corrected chi connectivity index (χ0v) is 21.2. The SMILES string of the molecule is CCCCOc1ccc(-c2cnc(CCc3ncc(-c4ccc(OCCCC)cc4)cn3)nc2)cc1. The van der Waals surface area contributed by atoms with Gasteiger partial charge in [-0.15, -0.1) is 0 Å². The smallest absolute Gasteiger partial charge is 0.128 e. The number of hydrogen-bond donors (Lipinski definition) is 0. The predicted octanol–water partition coefficient (Wildman–Crippen LogP) is 6.74. The third-order valence-electron chi connectivity index (χ3n) is 5.89. The first kappa shape index (κ1) is 25.3. The Morgan fingerprint density at radius 2 is 0.861 bits per heavy atom. The lowest BCUT2D eigenvalue weighted by molar-refractivity contribution is 0.309. The van der Waals surface area contributed by atoms with Crippen LogP contribution in [0.25, 0.3) is 22.3 Å². The lowest BCUT2D eigenvalue weighted by Crippen LogP contribution is -2.02. The van der Waals surface area contributed by atoms with Crippen molar-refractivity contribution < 1.29 is 9.47 Å². The number of unbranched alkanes of at least 4 members (excludes halogenated alkanes) is 2. The summed E-state index contributed by atoms with van der Waals surface area (Å²) in [5, 5.41) is 0. The summed E-state index contributed by atoms with van der Waals surface area (Å²) in [6.07, 6.45) is 13.2. The van der Waals surface area contributed by atoms with E-state index in [-0.39, 0.29) is 0 Å². The number of hydrogen-bond acceptors (Lipinski definition) is 6. The van der Waals surface area contributed by atoms with E-state index in [0.717, 1.165) is 84.3 Å². The lowest BCUT2D eigenvalue weighted by atomic mass is 10.1. The molecule has 4 aromatic rings. The van der Waals surface area contributed by atoms with Gasteiger partial charge in [0.25, 0.3) is 0 Å². The topological polar surface area (TPSA) is 70.0 Å². The molecule has 0 saturated carbocycles. The lowest BCUT2D eigenvalue weighted by Gasteiger charge is -2.07. The Morgan fingerprint density at radius 1 is 0.500 bits per heavy atom. The van der Waals surface area contributed by atoms with Crippen molar-refractivity contribution in [2.45, 2.75) is 52.4 Å². The summed E-state index contributed by atoms with van der Waals surface area (Å²) in [6.45, 7) is 5.82. The molecule has 0 amide bonds. The summed E-state index contributed by atoms with van der Waals surface area (Å²) in [5.74, 6) is 3.35. The maximum atomic E-state index is 5.74. The first-order chi connectivity index (χ1) is 17.7. The molecule has 0 fully saturated rings. The first-order valence-corrected chi connectivity index (χ1v) is 12.8. The summed E-state index contributed by atoms with van der Waals surface area (Å²) in [5.41, 5.74) is 4.12. The Morgan fingerprint density at radius 3 is 1.19 bits per heavy atom. The summed E-state index contributed by atoms with van der Waals surface area (Å²) >= 11 is 0. The number of rotatable bonds is 13. The van der Waals surface area contributed by atoms with E-state index < -0.39 is 0 Å². The summed E-state index contributed by atoms with van der Waals surface area (Å²) < 4.78 is 11.5. The fourth-order valence-electron chi connectivity index (χ4n) is 3.65. The van der Waals surface area contributed by atoms with Crippen molar-refractivity contribution in [3.8, 4) is 33.8 Å². The summed E-state index contributed by atoms with van der Waals surface area (Å²) in [6, 6.07) is 16.2. The highest BCUT2D eigenvalue weighted by molar-refractivity contribution is 5.63. The van der Waals surface area contributed by atoms with Crippen molar-refractivity contribution in [1.29, 1.82) is 0 Å². The molecular weight excluding hydrogens is 448 g/mol. The Bertz CT molecular complexity index is 1080. The molecule has 2 aromatic carbocycles. The van der Waals surface area contributed by atoms with Gasteiger partial charge in [-0.05, 0) is 48.2 Å². The average molecular weight is 483 g/mol. The molecule has 186 valence electrons. The van der Waals surface area contributed by atoms with E-state index in [0.29, 0.717) is 12.8 Å². The van der Waals surface area contributed by atoms with Crippen LogP contribution >= 0.6 is 0 Å². The largest absolute Gasteiger partial charge is 0.494 e. The molecule has 0 atom stereocenters. The first-order valence-electron chi connectivity index (χ1n) is 12.8. The molecule has 6 nitrogen and oxygen atoms in total. The standard InChI is InChI=1S/C30H34N4O2/c1-3-5-17-35-27-11-7-23(8-12-27)25-19-31-29(32-20-25)15-16-30-33-21-26(22-34-30)24-9-13-28(14-10-24)36-18-6-4-2/h7-14,19-22H,3-6,15-18H2,1-2H3. The van der Waals surface area contributed by atoms with Crippen LogP contribution in [0.4, 0.5) is 0 Å². The van der Waals surface area contributed by atoms with Gasteiger partial charge >= 0.3 is 0 Å². The predicted molar refractivity (Wildman–Crippen MR) is 143 cm³/mol. The fraction of sp³-hybridized carbons (Fsp3) is 0.333. The number of benzene rings is 2. The Labute approximate surface area is 213 Å². The second kappa shape index (κ2) is 13.3. The molecule has 2 heterocycles. The Balaban J connectivity index is 1.28. The minimum atomic E-state index is 0.688. The van der Waals surface area contributed by atoms with Gasteiger partial charge in [-0.25, -0.2) is 19.9 Å². The molecule has 0 saturated heterocycles. The molecular formula is C30H34N4O2. The third-order valence-corrected chi connectivity index (χ3v) is 5.89. The maximum absolute atomic E-state index is 5.74. The van der Waals surface area contributed by atoms with Gasteiger partial charge in [0.1, 0.15) is 23.1 Å². The van der Waals surface area contributed by atoms with Crippen LogP contribution < -0.4 is 9.47 Å². The molecule has 0 radical (unpaired) electrons. The third kappa shape index (κ3) is 7.35. The fourth-order valence-corrected chi connectivity index (χ4v) is 3.65. The van der Waals surface area contributed by atoms with Crippen LogP contribution in [0.15, 0.2) is 73.3 Å². The van der Waals surface area contributed by atoms with Crippen molar-refractivity contribution in [2.75, 3.05) is 13.2 Å². The van der Waals surface area contributed by atoms with Gasteiger partial charge in [-0.1, -0.05) is 51.0 Å². The van der Waals surface area contributed by atoms with Crippen LogP contribution in [0.5, 0.6) is 11.5 Å². The minimum absolute atomic E-state index is 0.688. The molecule has 0 aliphatic rings. The molecule has 6 heteroatoms. The average Bonchev–Trinajstić information content (AvgIpc) is 2.94. The molecule has 4 rings (SSSR count). The normalized spacial score (nSPS) is 10.8. The number of aryl methyl sites for hydroxylation is 2. The molecule has 36 heavy (non-hydrogen) atoms. The number of aromatic nitrogens is 4. The van der Waals surface area contributed by atoms with Crippen molar-refractivity contribution in [3.05, 3.63) is 85.0 Å². The van der Waals surface area contributed by atoms with E-state index >= 15 is 0 Å². The van der Waals surface area contributed by atoms with E-state index in [4.69, 9.17) is 9.47 Å². The van der Waals surface area contributed by atoms with Gasteiger partial charge in [-0.3, -0.25) is 0 Å². The van der Waals surface area contributed by atoms with Gasteiger partial charge in [0.15, 0.2) is 0 Å². The molecule has 0 aliphatic carbocycles. The van der Waals surface area contributed by atoms with Crippen molar-refractivity contribution in [2.24, 2.45) is 0 Å². The highest BCUT2D eigenvalue weighted by atomic mass is 16.5. The van der Waals surface area contributed by atoms with Gasteiger partial charge in [0.2, 0.25) is 0 Å². The Hall–Kier alpha value is -3.80. The zero-order chi connectivity index (χ0) is 25.0. The van der Waals surface area contributed by atoms with Gasteiger partial charge < -0.3 is 9.47 Å². The van der Waals surface area contributed by atoms with E-state index in [1.807, 2.05) is 73.3 Å². The van der Waals surface area contributed by atoms with Crippen molar-refractivity contribution in [1.82, 2.24) is 19.9 Å². The second-order valence-corrected chi connectivity index (χ2v) is 8.73.